The van der Waals surface area contributed by atoms with Gasteiger partial charge in [0.1, 0.15) is 0 Å². The summed E-state index contributed by atoms with van der Waals surface area (Å²) in [5.74, 6) is -1.51. The molecule has 1 aromatic carbocycles. The van der Waals surface area contributed by atoms with Crippen molar-refractivity contribution in [1.29, 1.82) is 0 Å². The number of alkyl halides is 3. The molecule has 5 nitrogen and oxygen atoms in total. The minimum atomic E-state index is -4.46. The largest absolute Gasteiger partial charge is 0.416 e. The van der Waals surface area contributed by atoms with E-state index in [0.29, 0.717) is 19.5 Å². The molecular weight excluding hydrogens is 323 g/mol. The minimum absolute atomic E-state index is 0.0773. The van der Waals surface area contributed by atoms with Crippen LogP contribution in [0.5, 0.6) is 0 Å². The second kappa shape index (κ2) is 7.21. The second-order valence-corrected chi connectivity index (χ2v) is 6.11. The third kappa shape index (κ3) is 4.95. The lowest BCUT2D eigenvalue weighted by Crippen LogP contribution is -2.33. The maximum Gasteiger partial charge on any atom is 0.416 e. The van der Waals surface area contributed by atoms with Gasteiger partial charge in [-0.3, -0.25) is 9.59 Å². The number of hydrogen-bond acceptors (Lipinski definition) is 3. The number of likely N-dealkylation sites (N-methyl/N-ethyl adjacent to an activating group) is 1. The molecule has 0 bridgehead atoms. The quantitative estimate of drug-likeness (QED) is 0.830. The Kier molecular flexibility index (Phi) is 5.48. The van der Waals surface area contributed by atoms with Crippen LogP contribution in [-0.4, -0.2) is 43.9 Å². The van der Waals surface area contributed by atoms with Crippen LogP contribution in [0.1, 0.15) is 12.0 Å². The zero-order valence-corrected chi connectivity index (χ0v) is 13.5. The van der Waals surface area contributed by atoms with Crippen molar-refractivity contribution < 1.29 is 22.8 Å². The number of nitrogens with one attached hydrogen (secondary N) is 2. The van der Waals surface area contributed by atoms with E-state index in [1.807, 2.05) is 19.0 Å². The molecule has 2 N–H and O–H groups in total. The Hall–Kier alpha value is -2.09. The van der Waals surface area contributed by atoms with E-state index in [0.717, 1.165) is 12.1 Å². The van der Waals surface area contributed by atoms with Crippen molar-refractivity contribution in [3.8, 4) is 0 Å². The molecule has 8 heteroatoms. The lowest BCUT2D eigenvalue weighted by atomic mass is 10.2. The Balaban J connectivity index is 1.85. The first-order chi connectivity index (χ1) is 11.2. The Bertz CT molecular complexity index is 617. The van der Waals surface area contributed by atoms with Gasteiger partial charge in [0.25, 0.3) is 0 Å². The van der Waals surface area contributed by atoms with Crippen molar-refractivity contribution >= 4 is 17.5 Å². The fraction of sp³-hybridized carbons (Fsp3) is 0.500. The summed E-state index contributed by atoms with van der Waals surface area (Å²) in [6, 6.07) is 4.44. The van der Waals surface area contributed by atoms with Gasteiger partial charge in [-0.2, -0.15) is 13.2 Å². The fourth-order valence-electron chi connectivity index (χ4n) is 2.32. The van der Waals surface area contributed by atoms with Gasteiger partial charge in [0.05, 0.1) is 17.4 Å². The number of nitrogens with zero attached hydrogens (tertiary/aromatic N) is 1. The van der Waals surface area contributed by atoms with Gasteiger partial charge in [0, 0.05) is 18.8 Å². The monoisotopic (exact) mass is 343 g/mol. The maximum absolute atomic E-state index is 12.7. The van der Waals surface area contributed by atoms with E-state index in [1.54, 1.807) is 0 Å². The molecular formula is C16H20F3N3O2. The van der Waals surface area contributed by atoms with E-state index in [4.69, 9.17) is 0 Å². The lowest BCUT2D eigenvalue weighted by molar-refractivity contribution is -0.137. The molecule has 0 saturated heterocycles. The van der Waals surface area contributed by atoms with E-state index in [2.05, 4.69) is 10.6 Å². The highest BCUT2D eigenvalue weighted by atomic mass is 19.4. The standard InChI is InChI=1S/C16H20F3N3O2/c1-22(2)7-6-20-14(23)12-9-13(12)15(24)21-11-5-3-4-10(8-11)16(17,18)19/h3-5,8,12-13H,6-7,9H2,1-2H3,(H,20,23)(H,21,24). The smallest absolute Gasteiger partial charge is 0.355 e. The molecule has 2 atom stereocenters. The highest BCUT2D eigenvalue weighted by molar-refractivity contribution is 5.99. The Morgan fingerprint density at radius 2 is 1.88 bits per heavy atom. The third-order valence-electron chi connectivity index (χ3n) is 3.78. The van der Waals surface area contributed by atoms with E-state index < -0.39 is 29.5 Å². The molecule has 1 aliphatic rings. The highest BCUT2D eigenvalue weighted by Crippen LogP contribution is 2.39. The predicted octanol–water partition coefficient (Wildman–Crippen LogP) is 1.96. The van der Waals surface area contributed by atoms with Gasteiger partial charge in [-0.1, -0.05) is 6.07 Å². The third-order valence-corrected chi connectivity index (χ3v) is 3.78. The van der Waals surface area contributed by atoms with Crippen molar-refractivity contribution in [2.24, 2.45) is 11.8 Å². The van der Waals surface area contributed by atoms with Gasteiger partial charge in [0.2, 0.25) is 11.8 Å². The summed E-state index contributed by atoms with van der Waals surface area (Å²) in [7, 11) is 3.77. The summed E-state index contributed by atoms with van der Waals surface area (Å²) in [5.41, 5.74) is -0.748. The average Bonchev–Trinajstić information content (AvgIpc) is 3.26. The Morgan fingerprint density at radius 1 is 1.21 bits per heavy atom. The highest BCUT2D eigenvalue weighted by Gasteiger charge is 2.47. The van der Waals surface area contributed by atoms with Crippen LogP contribution >= 0.6 is 0 Å². The van der Waals surface area contributed by atoms with Gasteiger partial charge in [-0.15, -0.1) is 0 Å². The van der Waals surface area contributed by atoms with Gasteiger partial charge in [-0.05, 0) is 38.7 Å². The zero-order valence-electron chi connectivity index (χ0n) is 13.5. The van der Waals surface area contributed by atoms with Crippen molar-refractivity contribution in [2.75, 3.05) is 32.5 Å². The molecule has 2 unspecified atom stereocenters. The number of hydrogen-bond donors (Lipinski definition) is 2. The summed E-state index contributed by atoms with van der Waals surface area (Å²) in [6.45, 7) is 1.18. The Labute approximate surface area is 138 Å². The number of anilines is 1. The number of rotatable bonds is 6. The molecule has 0 spiro atoms. The zero-order chi connectivity index (χ0) is 17.9. The molecule has 2 rings (SSSR count). The van der Waals surface area contributed by atoms with Gasteiger partial charge in [-0.25, -0.2) is 0 Å². The summed E-state index contributed by atoms with van der Waals surface area (Å²) < 4.78 is 38.0. The van der Waals surface area contributed by atoms with Crippen LogP contribution in [0.25, 0.3) is 0 Å². The number of amides is 2. The first kappa shape index (κ1) is 18.3. The van der Waals surface area contributed by atoms with E-state index in [-0.39, 0.29) is 11.6 Å². The SMILES string of the molecule is CN(C)CCNC(=O)C1CC1C(=O)Nc1cccc(C(F)(F)F)c1. The molecule has 132 valence electrons. The molecule has 1 aromatic rings. The van der Waals surface area contributed by atoms with Crippen molar-refractivity contribution in [3.63, 3.8) is 0 Å². The van der Waals surface area contributed by atoms with Gasteiger partial charge >= 0.3 is 6.18 Å². The van der Waals surface area contributed by atoms with Crippen LogP contribution in [0.4, 0.5) is 18.9 Å². The van der Waals surface area contributed by atoms with Crippen molar-refractivity contribution in [2.45, 2.75) is 12.6 Å². The van der Waals surface area contributed by atoms with E-state index in [1.165, 1.54) is 12.1 Å². The molecule has 0 heterocycles. The molecule has 1 saturated carbocycles. The van der Waals surface area contributed by atoms with E-state index >= 15 is 0 Å². The first-order valence-electron chi connectivity index (χ1n) is 7.59. The predicted molar refractivity (Wildman–Crippen MR) is 83.2 cm³/mol. The lowest BCUT2D eigenvalue weighted by Gasteiger charge is -2.11. The van der Waals surface area contributed by atoms with Gasteiger partial charge in [0.15, 0.2) is 0 Å². The average molecular weight is 343 g/mol. The molecule has 1 fully saturated rings. The summed E-state index contributed by atoms with van der Waals surface area (Å²) >= 11 is 0. The van der Waals surface area contributed by atoms with Crippen LogP contribution in [0.2, 0.25) is 0 Å². The topological polar surface area (TPSA) is 61.4 Å². The van der Waals surface area contributed by atoms with Crippen molar-refractivity contribution in [3.05, 3.63) is 29.8 Å². The molecule has 24 heavy (non-hydrogen) atoms. The minimum Gasteiger partial charge on any atom is -0.355 e. The Morgan fingerprint density at radius 3 is 2.50 bits per heavy atom. The van der Waals surface area contributed by atoms with E-state index in [9.17, 15) is 22.8 Å². The maximum atomic E-state index is 12.7. The second-order valence-electron chi connectivity index (χ2n) is 6.11. The van der Waals surface area contributed by atoms with Crippen LogP contribution < -0.4 is 10.6 Å². The first-order valence-corrected chi connectivity index (χ1v) is 7.59. The molecule has 0 radical (unpaired) electrons. The number of carbonyl (C=O) groups is 2. The molecule has 0 aromatic heterocycles. The number of carbonyl (C=O) groups excluding carboxylic acids is 2. The van der Waals surface area contributed by atoms with Crippen LogP contribution in [0.15, 0.2) is 24.3 Å². The molecule has 2 amide bonds. The summed E-state index contributed by atoms with van der Waals surface area (Å²) in [6.07, 6.45) is -4.05. The van der Waals surface area contributed by atoms with Crippen LogP contribution in [0.3, 0.4) is 0 Å². The number of benzene rings is 1. The molecule has 1 aliphatic carbocycles. The van der Waals surface area contributed by atoms with Crippen LogP contribution in [-0.2, 0) is 15.8 Å². The fourth-order valence-corrected chi connectivity index (χ4v) is 2.32. The number of halogens is 3. The van der Waals surface area contributed by atoms with Crippen molar-refractivity contribution in [1.82, 2.24) is 10.2 Å². The van der Waals surface area contributed by atoms with Crippen LogP contribution in [0, 0.1) is 11.8 Å². The summed E-state index contributed by atoms with van der Waals surface area (Å²) in [4.78, 5) is 25.9. The molecule has 0 aliphatic heterocycles. The van der Waals surface area contributed by atoms with Gasteiger partial charge < -0.3 is 15.5 Å². The summed E-state index contributed by atoms with van der Waals surface area (Å²) in [5, 5.41) is 5.19. The normalized spacial score (nSPS) is 19.9.